The number of ether oxygens (including phenoxy) is 2. The third kappa shape index (κ3) is 3.68. The van der Waals surface area contributed by atoms with E-state index in [9.17, 15) is 0 Å². The molecule has 0 bridgehead atoms. The monoisotopic (exact) mass is 275 g/mol. The smallest absolute Gasteiger partial charge is 0.0835 e. The Bertz CT molecular complexity index is 357. The fraction of sp³-hybridized carbons (Fsp3) is 0.750. The Balaban J connectivity index is 2.88. The van der Waals surface area contributed by atoms with Gasteiger partial charge in [-0.2, -0.15) is 5.10 Å². The molecule has 2 atom stereocenters. The summed E-state index contributed by atoms with van der Waals surface area (Å²) in [7, 11) is 1.65. The SMILES string of the molecule is CCOC(CC)C(N)c1c(Cl)cnn1CCOC. The molecule has 104 valence electrons. The lowest BCUT2D eigenvalue weighted by Gasteiger charge is -2.23. The second-order valence-corrected chi connectivity index (χ2v) is 4.43. The Morgan fingerprint density at radius 2 is 2.22 bits per heavy atom. The average Bonchev–Trinajstić information content (AvgIpc) is 2.73. The molecular formula is C12H22ClN3O2. The van der Waals surface area contributed by atoms with E-state index in [0.29, 0.717) is 24.8 Å². The van der Waals surface area contributed by atoms with Crippen LogP contribution in [-0.2, 0) is 16.0 Å². The van der Waals surface area contributed by atoms with Crippen molar-refractivity contribution in [2.75, 3.05) is 20.3 Å². The molecular weight excluding hydrogens is 254 g/mol. The fourth-order valence-electron chi connectivity index (χ4n) is 1.92. The molecule has 2 N–H and O–H groups in total. The molecule has 0 saturated heterocycles. The average molecular weight is 276 g/mol. The highest BCUT2D eigenvalue weighted by Crippen LogP contribution is 2.26. The van der Waals surface area contributed by atoms with Crippen LogP contribution in [0, 0.1) is 0 Å². The molecule has 0 aliphatic heterocycles. The van der Waals surface area contributed by atoms with Crippen LogP contribution in [0.5, 0.6) is 0 Å². The quantitative estimate of drug-likeness (QED) is 0.788. The lowest BCUT2D eigenvalue weighted by atomic mass is 10.1. The van der Waals surface area contributed by atoms with Crippen LogP contribution >= 0.6 is 11.6 Å². The van der Waals surface area contributed by atoms with Crippen molar-refractivity contribution in [1.82, 2.24) is 9.78 Å². The minimum absolute atomic E-state index is 0.0505. The number of nitrogens with two attached hydrogens (primary N) is 1. The van der Waals surface area contributed by atoms with Crippen molar-refractivity contribution in [2.45, 2.75) is 39.0 Å². The molecule has 1 heterocycles. The summed E-state index contributed by atoms with van der Waals surface area (Å²) < 4.78 is 12.5. The summed E-state index contributed by atoms with van der Waals surface area (Å²) in [6.07, 6.45) is 2.40. The zero-order valence-corrected chi connectivity index (χ0v) is 12.0. The largest absolute Gasteiger partial charge is 0.383 e. The molecule has 0 spiro atoms. The van der Waals surface area contributed by atoms with E-state index in [1.54, 1.807) is 18.0 Å². The highest BCUT2D eigenvalue weighted by atomic mass is 35.5. The van der Waals surface area contributed by atoms with Gasteiger partial charge in [-0.05, 0) is 13.3 Å². The van der Waals surface area contributed by atoms with Crippen LogP contribution in [0.15, 0.2) is 6.20 Å². The van der Waals surface area contributed by atoms with Crippen molar-refractivity contribution in [3.05, 3.63) is 16.9 Å². The third-order valence-corrected chi connectivity index (χ3v) is 3.13. The molecule has 6 heteroatoms. The van der Waals surface area contributed by atoms with E-state index in [0.717, 1.165) is 12.1 Å². The Hall–Kier alpha value is -0.620. The molecule has 0 radical (unpaired) electrons. The second kappa shape index (κ2) is 7.74. The number of hydrogen-bond donors (Lipinski definition) is 1. The van der Waals surface area contributed by atoms with Crippen molar-refractivity contribution in [3.8, 4) is 0 Å². The van der Waals surface area contributed by atoms with Gasteiger partial charge in [0.1, 0.15) is 0 Å². The number of rotatable bonds is 8. The Morgan fingerprint density at radius 3 is 2.78 bits per heavy atom. The van der Waals surface area contributed by atoms with E-state index in [2.05, 4.69) is 5.10 Å². The molecule has 0 aromatic carbocycles. The minimum Gasteiger partial charge on any atom is -0.383 e. The minimum atomic E-state index is -0.276. The molecule has 2 unspecified atom stereocenters. The van der Waals surface area contributed by atoms with Gasteiger partial charge in [-0.25, -0.2) is 0 Å². The Labute approximate surface area is 113 Å². The maximum atomic E-state index is 6.24. The van der Waals surface area contributed by atoms with Crippen LogP contribution in [0.2, 0.25) is 5.02 Å². The molecule has 1 aromatic rings. The summed E-state index contributed by atoms with van der Waals surface area (Å²) in [4.78, 5) is 0. The van der Waals surface area contributed by atoms with Crippen molar-refractivity contribution in [2.24, 2.45) is 5.73 Å². The number of hydrogen-bond acceptors (Lipinski definition) is 4. The first-order chi connectivity index (χ1) is 8.65. The number of nitrogens with zero attached hydrogens (tertiary/aromatic N) is 2. The zero-order valence-electron chi connectivity index (χ0n) is 11.2. The summed E-state index contributed by atoms with van der Waals surface area (Å²) in [5.74, 6) is 0. The van der Waals surface area contributed by atoms with E-state index in [4.69, 9.17) is 26.8 Å². The van der Waals surface area contributed by atoms with E-state index in [1.165, 1.54) is 0 Å². The van der Waals surface area contributed by atoms with Crippen molar-refractivity contribution < 1.29 is 9.47 Å². The molecule has 5 nitrogen and oxygen atoms in total. The molecule has 0 fully saturated rings. The predicted octanol–water partition coefficient (Wildman–Crippen LogP) is 2.00. The number of aromatic nitrogens is 2. The van der Waals surface area contributed by atoms with Gasteiger partial charge in [0.2, 0.25) is 0 Å². The Kier molecular flexibility index (Phi) is 6.63. The van der Waals surface area contributed by atoms with Crippen LogP contribution < -0.4 is 5.73 Å². The normalized spacial score (nSPS) is 14.7. The fourth-order valence-corrected chi connectivity index (χ4v) is 2.19. The molecule has 0 saturated carbocycles. The van der Waals surface area contributed by atoms with Crippen LogP contribution in [0.3, 0.4) is 0 Å². The van der Waals surface area contributed by atoms with Gasteiger partial charge in [0, 0.05) is 13.7 Å². The van der Waals surface area contributed by atoms with Crippen LogP contribution in [0.4, 0.5) is 0 Å². The standard InChI is InChI=1S/C12H22ClN3O2/c1-4-10(18-5-2)11(14)12-9(13)8-15-16(12)6-7-17-3/h8,10-11H,4-7,14H2,1-3H3. The van der Waals surface area contributed by atoms with Gasteiger partial charge in [0.05, 0.1) is 42.2 Å². The first kappa shape index (κ1) is 15.4. The molecule has 0 aliphatic rings. The molecule has 0 aliphatic carbocycles. The van der Waals surface area contributed by atoms with Gasteiger partial charge in [-0.15, -0.1) is 0 Å². The van der Waals surface area contributed by atoms with Gasteiger partial charge in [0.25, 0.3) is 0 Å². The predicted molar refractivity (Wildman–Crippen MR) is 71.7 cm³/mol. The summed E-state index contributed by atoms with van der Waals surface area (Å²) >= 11 is 6.16. The summed E-state index contributed by atoms with van der Waals surface area (Å²) in [5.41, 5.74) is 7.06. The van der Waals surface area contributed by atoms with E-state index in [1.807, 2.05) is 13.8 Å². The second-order valence-electron chi connectivity index (χ2n) is 4.02. The lowest BCUT2D eigenvalue weighted by Crippen LogP contribution is -2.31. The van der Waals surface area contributed by atoms with E-state index < -0.39 is 0 Å². The van der Waals surface area contributed by atoms with Crippen LogP contribution in [-0.4, -0.2) is 36.2 Å². The van der Waals surface area contributed by atoms with E-state index in [-0.39, 0.29) is 12.1 Å². The van der Waals surface area contributed by atoms with Crippen LogP contribution in [0.25, 0.3) is 0 Å². The van der Waals surface area contributed by atoms with Gasteiger partial charge < -0.3 is 15.2 Å². The van der Waals surface area contributed by atoms with Crippen molar-refractivity contribution in [1.29, 1.82) is 0 Å². The Morgan fingerprint density at radius 1 is 1.50 bits per heavy atom. The summed E-state index contributed by atoms with van der Waals surface area (Å²) in [6.45, 7) is 5.84. The maximum Gasteiger partial charge on any atom is 0.0835 e. The van der Waals surface area contributed by atoms with Gasteiger partial charge in [-0.1, -0.05) is 18.5 Å². The first-order valence-electron chi connectivity index (χ1n) is 6.22. The van der Waals surface area contributed by atoms with Gasteiger partial charge >= 0.3 is 0 Å². The summed E-state index contributed by atoms with van der Waals surface area (Å²) in [6, 6.07) is -0.276. The number of halogens is 1. The first-order valence-corrected chi connectivity index (χ1v) is 6.60. The molecule has 0 amide bonds. The topological polar surface area (TPSA) is 62.3 Å². The lowest BCUT2D eigenvalue weighted by molar-refractivity contribution is 0.0389. The molecule has 1 aromatic heterocycles. The van der Waals surface area contributed by atoms with Crippen molar-refractivity contribution >= 4 is 11.6 Å². The van der Waals surface area contributed by atoms with Gasteiger partial charge in [0.15, 0.2) is 0 Å². The zero-order chi connectivity index (χ0) is 13.5. The highest BCUT2D eigenvalue weighted by molar-refractivity contribution is 6.31. The van der Waals surface area contributed by atoms with Gasteiger partial charge in [-0.3, -0.25) is 4.68 Å². The molecule has 18 heavy (non-hydrogen) atoms. The van der Waals surface area contributed by atoms with E-state index >= 15 is 0 Å². The highest BCUT2D eigenvalue weighted by Gasteiger charge is 2.24. The molecule has 1 rings (SSSR count). The summed E-state index contributed by atoms with van der Waals surface area (Å²) in [5, 5.41) is 4.80. The maximum absolute atomic E-state index is 6.24. The third-order valence-electron chi connectivity index (χ3n) is 2.84. The van der Waals surface area contributed by atoms with Crippen molar-refractivity contribution in [3.63, 3.8) is 0 Å². The van der Waals surface area contributed by atoms with Crippen LogP contribution in [0.1, 0.15) is 32.0 Å². The number of methoxy groups -OCH3 is 1.